The van der Waals surface area contributed by atoms with Crippen molar-refractivity contribution in [2.75, 3.05) is 6.61 Å². The predicted molar refractivity (Wildman–Crippen MR) is 90.3 cm³/mol. The van der Waals surface area contributed by atoms with Crippen molar-refractivity contribution in [2.24, 2.45) is 0 Å². The Morgan fingerprint density at radius 2 is 1.71 bits per heavy atom. The maximum absolute atomic E-state index is 11.2. The zero-order valence-corrected chi connectivity index (χ0v) is 13.4. The van der Waals surface area contributed by atoms with E-state index in [1.54, 1.807) is 13.0 Å². The molecule has 0 saturated carbocycles. The third kappa shape index (κ3) is 9.73. The van der Waals surface area contributed by atoms with Crippen LogP contribution in [0.25, 0.3) is 6.08 Å². The van der Waals surface area contributed by atoms with Crippen molar-refractivity contribution in [3.05, 3.63) is 66.3 Å². The fourth-order valence-corrected chi connectivity index (χ4v) is 1.31. The third-order valence-electron chi connectivity index (χ3n) is 2.48. The number of carbonyl (C=O) groups excluding carboxylic acids is 1. The lowest BCUT2D eigenvalue weighted by Gasteiger charge is -1.99. The van der Waals surface area contributed by atoms with E-state index in [0.717, 1.165) is 5.56 Å². The first-order chi connectivity index (χ1) is 11.3. The molecular formula is C18H20O6. The van der Waals surface area contributed by atoms with Crippen LogP contribution >= 0.6 is 0 Å². The van der Waals surface area contributed by atoms with Crippen LogP contribution in [0, 0.1) is 0 Å². The molecule has 6 nitrogen and oxygen atoms in total. The van der Waals surface area contributed by atoms with E-state index >= 15 is 0 Å². The number of esters is 1. The third-order valence-corrected chi connectivity index (χ3v) is 2.48. The molecule has 1 aromatic rings. The lowest BCUT2D eigenvalue weighted by atomic mass is 10.2. The van der Waals surface area contributed by atoms with Crippen LogP contribution < -0.4 is 0 Å². The number of carboxylic acids is 2. The van der Waals surface area contributed by atoms with Crippen molar-refractivity contribution in [2.45, 2.75) is 13.3 Å². The summed E-state index contributed by atoms with van der Waals surface area (Å²) in [4.78, 5) is 30.9. The molecule has 0 aliphatic heterocycles. The minimum atomic E-state index is -1.27. The maximum atomic E-state index is 11.2. The first-order valence-corrected chi connectivity index (χ1v) is 7.00. The molecule has 0 aromatic heterocycles. The van der Waals surface area contributed by atoms with Gasteiger partial charge in [-0.2, -0.15) is 0 Å². The summed E-state index contributed by atoms with van der Waals surface area (Å²) in [6.45, 7) is 8.78. The number of ether oxygens (including phenoxy) is 1. The highest BCUT2D eigenvalue weighted by atomic mass is 16.5. The molecule has 2 N–H and O–H groups in total. The molecule has 0 bridgehead atoms. The van der Waals surface area contributed by atoms with Crippen molar-refractivity contribution in [3.8, 4) is 0 Å². The number of benzene rings is 1. The molecule has 128 valence electrons. The second-order valence-electron chi connectivity index (χ2n) is 4.47. The highest BCUT2D eigenvalue weighted by Crippen LogP contribution is 2.05. The summed E-state index contributed by atoms with van der Waals surface area (Å²) < 4.78 is 4.80. The molecule has 0 unspecified atom stereocenters. The molecule has 0 aliphatic rings. The van der Waals surface area contributed by atoms with Crippen molar-refractivity contribution >= 4 is 24.0 Å². The predicted octanol–water partition coefficient (Wildman–Crippen LogP) is 2.92. The molecule has 6 heteroatoms. The molecule has 0 fully saturated rings. The number of carboxylic acid groups (broad SMARTS) is 2. The van der Waals surface area contributed by atoms with Crippen LogP contribution in [0.15, 0.2) is 60.7 Å². The van der Waals surface area contributed by atoms with E-state index in [-0.39, 0.29) is 11.5 Å². The van der Waals surface area contributed by atoms with Crippen LogP contribution in [0.1, 0.15) is 18.9 Å². The molecule has 0 heterocycles. The monoisotopic (exact) mass is 332 g/mol. The van der Waals surface area contributed by atoms with E-state index in [0.29, 0.717) is 12.2 Å². The number of aliphatic carboxylic acids is 2. The van der Waals surface area contributed by atoms with Crippen LogP contribution in [0.5, 0.6) is 0 Å². The molecule has 1 rings (SSSR count). The fraction of sp³-hybridized carbons (Fsp3) is 0.167. The van der Waals surface area contributed by atoms with Gasteiger partial charge in [0.2, 0.25) is 0 Å². The zero-order chi connectivity index (χ0) is 18.5. The smallest absolute Gasteiger partial charge is 0.337 e. The zero-order valence-electron chi connectivity index (χ0n) is 13.4. The first kappa shape index (κ1) is 20.9. The lowest BCUT2D eigenvalue weighted by Crippen LogP contribution is -2.04. The van der Waals surface area contributed by atoms with E-state index in [1.807, 2.05) is 36.4 Å². The molecule has 0 spiro atoms. The van der Waals surface area contributed by atoms with Crippen LogP contribution in [0.2, 0.25) is 0 Å². The fourth-order valence-electron chi connectivity index (χ4n) is 1.31. The van der Waals surface area contributed by atoms with Gasteiger partial charge in [-0.3, -0.25) is 4.79 Å². The molecule has 0 radical (unpaired) electrons. The van der Waals surface area contributed by atoms with E-state index in [9.17, 15) is 14.4 Å². The summed E-state index contributed by atoms with van der Waals surface area (Å²) in [7, 11) is 0. The average Bonchev–Trinajstić information content (AvgIpc) is 2.53. The van der Waals surface area contributed by atoms with Gasteiger partial charge >= 0.3 is 17.9 Å². The van der Waals surface area contributed by atoms with Crippen molar-refractivity contribution in [1.82, 2.24) is 0 Å². The number of hydrogen-bond acceptors (Lipinski definition) is 4. The van der Waals surface area contributed by atoms with Crippen molar-refractivity contribution in [3.63, 3.8) is 0 Å². The van der Waals surface area contributed by atoms with Gasteiger partial charge in [-0.05, 0) is 18.6 Å². The van der Waals surface area contributed by atoms with Gasteiger partial charge in [-0.15, -0.1) is 0 Å². The highest BCUT2D eigenvalue weighted by Gasteiger charge is 2.07. The quantitative estimate of drug-likeness (QED) is 0.452. The number of hydrogen-bond donors (Lipinski definition) is 2. The second-order valence-corrected chi connectivity index (χ2v) is 4.47. The van der Waals surface area contributed by atoms with Gasteiger partial charge < -0.3 is 14.9 Å². The molecule has 0 aliphatic carbocycles. The normalized spacial score (nSPS) is 9.54. The lowest BCUT2D eigenvalue weighted by molar-refractivity contribution is -0.139. The van der Waals surface area contributed by atoms with E-state index < -0.39 is 18.4 Å². The van der Waals surface area contributed by atoms with Crippen LogP contribution in [0.3, 0.4) is 0 Å². The maximum Gasteiger partial charge on any atom is 0.337 e. The second kappa shape index (κ2) is 11.4. The minimum Gasteiger partial charge on any atom is -0.481 e. The number of rotatable bonds is 7. The Hall–Kier alpha value is -3.15. The summed E-state index contributed by atoms with van der Waals surface area (Å²) in [5.41, 5.74) is 1.09. The Kier molecular flexibility index (Phi) is 9.92. The van der Waals surface area contributed by atoms with E-state index in [1.165, 1.54) is 0 Å². The van der Waals surface area contributed by atoms with Gasteiger partial charge in [0, 0.05) is 5.57 Å². The molecule has 24 heavy (non-hydrogen) atoms. The molecule has 1 aromatic carbocycles. The Morgan fingerprint density at radius 3 is 2.12 bits per heavy atom. The summed E-state index contributed by atoms with van der Waals surface area (Å²) in [6, 6.07) is 9.72. The Labute approximate surface area is 140 Å². The average molecular weight is 332 g/mol. The summed E-state index contributed by atoms with van der Waals surface area (Å²) in [6.07, 6.45) is 2.99. The van der Waals surface area contributed by atoms with E-state index in [4.69, 9.17) is 14.9 Å². The minimum absolute atomic E-state index is 0.303. The van der Waals surface area contributed by atoms with Gasteiger partial charge in [0.1, 0.15) is 0 Å². The standard InChI is InChI=1S/C13H14O2.C5H6O4/c1-3-15-13(14)11(2)9-10-12-7-5-4-6-8-12;1-3(5(8)9)2-4(6)7/h4-10H,2-3H2,1H3;1-2H2,(H,6,7)(H,8,9). The van der Waals surface area contributed by atoms with Gasteiger partial charge in [-0.25, -0.2) is 9.59 Å². The summed E-state index contributed by atoms with van der Waals surface area (Å²) in [5, 5.41) is 16.1. The molecule has 0 atom stereocenters. The van der Waals surface area contributed by atoms with Gasteiger partial charge in [0.15, 0.2) is 0 Å². The molecule has 0 saturated heterocycles. The number of carbonyl (C=O) groups is 3. The Bertz CT molecular complexity index is 628. The van der Waals surface area contributed by atoms with Crippen LogP contribution in [0.4, 0.5) is 0 Å². The first-order valence-electron chi connectivity index (χ1n) is 7.00. The van der Waals surface area contributed by atoms with Crippen LogP contribution in [-0.4, -0.2) is 34.7 Å². The van der Waals surface area contributed by atoms with Crippen molar-refractivity contribution < 1.29 is 29.3 Å². The molecule has 0 amide bonds. The van der Waals surface area contributed by atoms with E-state index in [2.05, 4.69) is 13.2 Å². The van der Waals surface area contributed by atoms with Gasteiger partial charge in [-0.1, -0.05) is 49.6 Å². The summed E-state index contributed by atoms with van der Waals surface area (Å²) >= 11 is 0. The molecular weight excluding hydrogens is 312 g/mol. The highest BCUT2D eigenvalue weighted by molar-refractivity contribution is 5.92. The van der Waals surface area contributed by atoms with Crippen molar-refractivity contribution in [1.29, 1.82) is 0 Å². The Morgan fingerprint density at radius 1 is 1.12 bits per heavy atom. The topological polar surface area (TPSA) is 101 Å². The van der Waals surface area contributed by atoms with Gasteiger partial charge in [0.25, 0.3) is 0 Å². The Balaban J connectivity index is 0.000000506. The summed E-state index contributed by atoms with van der Waals surface area (Å²) in [5.74, 6) is -2.82. The van der Waals surface area contributed by atoms with Crippen LogP contribution in [-0.2, 0) is 19.1 Å². The largest absolute Gasteiger partial charge is 0.481 e. The SMILES string of the molecule is C=C(C=Cc1ccccc1)C(=O)OCC.C=C(CC(=O)O)C(=O)O. The van der Waals surface area contributed by atoms with Gasteiger partial charge in [0.05, 0.1) is 18.6 Å².